The molecule has 308 valence electrons. The van der Waals surface area contributed by atoms with Crippen molar-refractivity contribution in [1.29, 1.82) is 0 Å². The van der Waals surface area contributed by atoms with E-state index in [1.54, 1.807) is 0 Å². The Morgan fingerprint density at radius 2 is 0.855 bits per heavy atom. The Morgan fingerprint density at radius 3 is 1.34 bits per heavy atom. The number of hydrogen-bond acceptors (Lipinski definition) is 3. The van der Waals surface area contributed by atoms with Crippen LogP contribution in [-0.4, -0.2) is 37.3 Å². The smallest absolute Gasteiger partial charge is 0.262 e. The van der Waals surface area contributed by atoms with Crippen LogP contribution < -0.4 is 4.74 Å². The van der Waals surface area contributed by atoms with Gasteiger partial charge in [0.1, 0.15) is 17.2 Å². The molecule has 6 nitrogen and oxygen atoms in total. The van der Waals surface area contributed by atoms with Crippen molar-refractivity contribution < 1.29 is 45.5 Å². The number of phenols is 2. The molecule has 2 heterocycles. The molecule has 8 aromatic carbocycles. The average molecular weight is 980 g/mol. The second-order valence-corrected chi connectivity index (χ2v) is 15.2. The minimum absolute atomic E-state index is 0. The van der Waals surface area contributed by atoms with E-state index < -0.39 is 0 Å². The number of rotatable bonds is 10. The summed E-state index contributed by atoms with van der Waals surface area (Å²) < 4.78 is 15.8. The Labute approximate surface area is 382 Å². The van der Waals surface area contributed by atoms with Crippen LogP contribution in [0.4, 0.5) is 0 Å². The molecular formula is C55H49HfN2O4-. The molecule has 0 aliphatic heterocycles. The molecule has 0 aliphatic carbocycles. The first kappa shape index (κ1) is 43.5. The second-order valence-electron chi connectivity index (χ2n) is 15.2. The fourth-order valence-electron chi connectivity index (χ4n) is 8.74. The standard InChI is InChI=1S/C53H42N2O4.2CH3.Hf/c1-34-30-42(52(56)48(32-34)54-44-22-9-3-16-36(44)37-17-4-10-23-45(37)54)40-20-7-13-26-50(40)58-28-15-29-59-51-27-14-8-21-41(51)43-31-35(2)33-49(53(43)57)55-46-24-11-5-18-38(46)39-19-6-12-25-47(39)55;;;/h3-14,16-27,30-33,56-57H,15,28-29H2,1-2H3;2*1H3;/q;2*-1;/p+1. The first-order chi connectivity index (χ1) is 29.0. The Hall–Kier alpha value is -6.57. The van der Waals surface area contributed by atoms with Gasteiger partial charge in [-0.1, -0.05) is 103 Å². The summed E-state index contributed by atoms with van der Waals surface area (Å²) in [4.78, 5) is 0. The van der Waals surface area contributed by atoms with Crippen molar-refractivity contribution in [3.05, 3.63) is 196 Å². The van der Waals surface area contributed by atoms with Gasteiger partial charge >= 0.3 is 0 Å². The predicted octanol–water partition coefficient (Wildman–Crippen LogP) is 13.9. The summed E-state index contributed by atoms with van der Waals surface area (Å²) in [6, 6.07) is 57.4. The zero-order valence-electron chi connectivity index (χ0n) is 35.4. The molecule has 0 radical (unpaired) electrons. The number of fused-ring (bicyclic) bond motifs is 6. The fraction of sp³-hybridized carbons (Fsp3) is 0.0909. The summed E-state index contributed by atoms with van der Waals surface area (Å²) in [5, 5.41) is 28.6. The van der Waals surface area contributed by atoms with Gasteiger partial charge in [0.2, 0.25) is 0 Å². The molecule has 10 aromatic rings. The first-order valence-corrected chi connectivity index (χ1v) is 20.1. The largest absolute Gasteiger partial charge is 0.582 e. The van der Waals surface area contributed by atoms with E-state index >= 15 is 0 Å². The number of aromatic hydroxyl groups is 3. The fourth-order valence-corrected chi connectivity index (χ4v) is 8.74. The molecule has 0 saturated heterocycles. The summed E-state index contributed by atoms with van der Waals surface area (Å²) in [7, 11) is 0. The molecule has 2 aromatic heterocycles. The SMILES string of the molecule is Cc1cc(-c2ccccc2OCCC[OH+]c2ccccc2-c2cc(C)cc(-n3c4ccccc4c4ccccc43)c2O)c(O)c(-n2c3ccccc3c3ccccc32)c1.[CH3-].[CH3-].[Hf]. The molecule has 0 spiro atoms. The third-order valence-electron chi connectivity index (χ3n) is 11.3. The summed E-state index contributed by atoms with van der Waals surface area (Å²) in [6.45, 7) is 5.09. The Morgan fingerprint density at radius 1 is 0.468 bits per heavy atom. The van der Waals surface area contributed by atoms with Crippen molar-refractivity contribution in [2.45, 2.75) is 20.3 Å². The maximum absolute atomic E-state index is 12.0. The molecule has 0 unspecified atom stereocenters. The molecule has 3 N–H and O–H groups in total. The summed E-state index contributed by atoms with van der Waals surface area (Å²) in [5.41, 5.74) is 10.9. The number of aryl methyl sites for hydroxylation is 2. The van der Waals surface area contributed by atoms with Gasteiger partial charge in [0, 0.05) is 70.1 Å². The molecule has 7 heteroatoms. The summed E-state index contributed by atoms with van der Waals surface area (Å²) >= 11 is 0. The maximum atomic E-state index is 12.0. The Bertz CT molecular complexity index is 2900. The van der Waals surface area contributed by atoms with E-state index in [1.165, 1.54) is 0 Å². The van der Waals surface area contributed by atoms with Crippen LogP contribution in [0, 0.1) is 28.7 Å². The minimum atomic E-state index is 0. The number of hydrogen-bond donors (Lipinski definition) is 2. The van der Waals surface area contributed by atoms with E-state index in [0.717, 1.165) is 88.6 Å². The van der Waals surface area contributed by atoms with Gasteiger partial charge in [0.15, 0.2) is 6.61 Å². The van der Waals surface area contributed by atoms with Gasteiger partial charge in [-0.05, 0) is 85.6 Å². The predicted molar refractivity (Wildman–Crippen MR) is 255 cm³/mol. The monoisotopic (exact) mass is 981 g/mol. The van der Waals surface area contributed by atoms with Crippen molar-refractivity contribution in [2.75, 3.05) is 13.2 Å². The molecule has 0 saturated carbocycles. The zero-order valence-corrected chi connectivity index (χ0v) is 39.0. The van der Waals surface area contributed by atoms with Gasteiger partial charge in [-0.2, -0.15) is 0 Å². The van der Waals surface area contributed by atoms with E-state index in [4.69, 9.17) is 9.47 Å². The van der Waals surface area contributed by atoms with Gasteiger partial charge < -0.3 is 43.7 Å². The molecule has 0 aliphatic rings. The number of aliphatic hydroxyl groups is 1. The molecule has 62 heavy (non-hydrogen) atoms. The van der Waals surface area contributed by atoms with Crippen molar-refractivity contribution in [3.8, 4) is 56.6 Å². The van der Waals surface area contributed by atoms with E-state index in [-0.39, 0.29) is 52.2 Å². The van der Waals surface area contributed by atoms with Crippen molar-refractivity contribution in [1.82, 2.24) is 9.13 Å². The number of phenolic OH excluding ortho intramolecular Hbond substituents is 2. The van der Waals surface area contributed by atoms with Gasteiger partial charge in [0.05, 0.1) is 52.0 Å². The van der Waals surface area contributed by atoms with Crippen LogP contribution in [0.1, 0.15) is 17.5 Å². The van der Waals surface area contributed by atoms with Gasteiger partial charge in [-0.25, -0.2) is 0 Å². The normalized spacial score (nSPS) is 11.0. The number of benzene rings is 8. The number of para-hydroxylation sites is 6. The zero-order chi connectivity index (χ0) is 40.0. The molecular weight excluding hydrogens is 931 g/mol. The van der Waals surface area contributed by atoms with Crippen LogP contribution in [0.25, 0.3) is 77.2 Å². The van der Waals surface area contributed by atoms with E-state index in [0.29, 0.717) is 30.9 Å². The van der Waals surface area contributed by atoms with Crippen molar-refractivity contribution in [2.24, 2.45) is 0 Å². The molecule has 0 fully saturated rings. The third kappa shape index (κ3) is 7.56. The van der Waals surface area contributed by atoms with Crippen LogP contribution in [0.2, 0.25) is 0 Å². The summed E-state index contributed by atoms with van der Waals surface area (Å²) in [5.74, 6) is 1.92. The van der Waals surface area contributed by atoms with Crippen LogP contribution >= 0.6 is 0 Å². The third-order valence-corrected chi connectivity index (χ3v) is 11.3. The van der Waals surface area contributed by atoms with E-state index in [1.807, 2.05) is 97.1 Å². The van der Waals surface area contributed by atoms with E-state index in [2.05, 4.69) is 95.8 Å². The van der Waals surface area contributed by atoms with Crippen LogP contribution in [0.5, 0.6) is 23.0 Å². The number of ether oxygens (including phenoxy) is 2. The van der Waals surface area contributed by atoms with Crippen molar-refractivity contribution in [3.63, 3.8) is 0 Å². The Kier molecular flexibility index (Phi) is 12.8. The first-order valence-electron chi connectivity index (χ1n) is 20.1. The van der Waals surface area contributed by atoms with Gasteiger partial charge in [-0.15, -0.1) is 0 Å². The number of nitrogens with zero attached hydrogens (tertiary/aromatic N) is 2. The quantitative estimate of drug-likeness (QED) is 0.0621. The molecule has 0 amide bonds. The van der Waals surface area contributed by atoms with E-state index in [9.17, 15) is 10.2 Å². The van der Waals surface area contributed by atoms with Crippen LogP contribution in [0.15, 0.2) is 170 Å². The molecule has 10 rings (SSSR count). The second kappa shape index (κ2) is 18.2. The van der Waals surface area contributed by atoms with Crippen LogP contribution in [-0.2, 0) is 25.8 Å². The minimum Gasteiger partial charge on any atom is -0.582 e. The van der Waals surface area contributed by atoms with Gasteiger partial charge in [-0.3, -0.25) is 0 Å². The summed E-state index contributed by atoms with van der Waals surface area (Å²) in [6.07, 6.45) is 0.668. The van der Waals surface area contributed by atoms with Gasteiger partial charge in [0.25, 0.3) is 5.75 Å². The Balaban J connectivity index is 0.00000193. The average Bonchev–Trinajstić information content (AvgIpc) is 3.78. The maximum Gasteiger partial charge on any atom is 0.262 e. The molecule has 0 atom stereocenters. The number of aromatic nitrogens is 2. The molecule has 0 bridgehead atoms. The topological polar surface area (TPSA) is 72.3 Å². The van der Waals surface area contributed by atoms with Crippen LogP contribution in [0.3, 0.4) is 0 Å². The van der Waals surface area contributed by atoms with Crippen molar-refractivity contribution >= 4 is 43.6 Å².